The number of hydrogen-bond acceptors (Lipinski definition) is 5. The Morgan fingerprint density at radius 1 is 1.07 bits per heavy atom. The van der Waals surface area contributed by atoms with Gasteiger partial charge < -0.3 is 15.7 Å². The first-order valence-corrected chi connectivity index (χ1v) is 8.84. The Morgan fingerprint density at radius 2 is 1.82 bits per heavy atom. The highest BCUT2D eigenvalue weighted by atomic mass is 19.1. The molecule has 3 aromatic rings. The van der Waals surface area contributed by atoms with Gasteiger partial charge in [0.05, 0.1) is 6.20 Å². The Morgan fingerprint density at radius 3 is 2.46 bits per heavy atom. The fourth-order valence-corrected chi connectivity index (χ4v) is 2.74. The molecule has 3 N–H and O–H groups in total. The summed E-state index contributed by atoms with van der Waals surface area (Å²) in [5.41, 5.74) is 2.13. The summed E-state index contributed by atoms with van der Waals surface area (Å²) in [5, 5.41) is 22.6. The third kappa shape index (κ3) is 5.47. The van der Waals surface area contributed by atoms with Crippen LogP contribution in [0, 0.1) is 5.82 Å². The average molecular weight is 381 g/mol. The Hall–Kier alpha value is -3.55. The fourth-order valence-electron chi connectivity index (χ4n) is 2.74. The molecule has 28 heavy (non-hydrogen) atoms. The van der Waals surface area contributed by atoms with Crippen molar-refractivity contribution in [1.29, 1.82) is 0 Å². The van der Waals surface area contributed by atoms with Crippen molar-refractivity contribution in [2.24, 2.45) is 0 Å². The number of carbonyl (C=O) groups is 1. The number of aryl methyl sites for hydroxylation is 1. The van der Waals surface area contributed by atoms with E-state index in [9.17, 15) is 9.18 Å². The van der Waals surface area contributed by atoms with Gasteiger partial charge in [0.2, 0.25) is 5.95 Å². The number of rotatable bonds is 8. The van der Waals surface area contributed by atoms with Crippen molar-refractivity contribution in [1.82, 2.24) is 20.5 Å². The zero-order chi connectivity index (χ0) is 19.8. The first-order chi connectivity index (χ1) is 13.6. The van der Waals surface area contributed by atoms with Gasteiger partial charge in [0.25, 0.3) is 0 Å². The summed E-state index contributed by atoms with van der Waals surface area (Å²) >= 11 is 0. The minimum atomic E-state index is -1.22. The normalized spacial score (nSPS) is 11.6. The van der Waals surface area contributed by atoms with Crippen molar-refractivity contribution in [2.45, 2.75) is 18.9 Å². The third-order valence-corrected chi connectivity index (χ3v) is 4.11. The van der Waals surface area contributed by atoms with Crippen molar-refractivity contribution >= 4 is 12.0 Å². The molecule has 2 aromatic carbocycles. The van der Waals surface area contributed by atoms with Crippen molar-refractivity contribution in [3.63, 3.8) is 0 Å². The number of halogens is 1. The predicted octanol–water partition coefficient (Wildman–Crippen LogP) is 3.41. The van der Waals surface area contributed by atoms with E-state index < -0.39 is 18.0 Å². The van der Waals surface area contributed by atoms with Crippen LogP contribution in [0.4, 0.5) is 15.1 Å². The maximum Gasteiger partial charge on any atom is 0.405 e. The number of nitrogens with one attached hydrogen (secondary N) is 2. The van der Waals surface area contributed by atoms with E-state index in [1.54, 1.807) is 0 Å². The van der Waals surface area contributed by atoms with E-state index in [1.807, 2.05) is 18.2 Å². The summed E-state index contributed by atoms with van der Waals surface area (Å²) in [7, 11) is 0. The van der Waals surface area contributed by atoms with Crippen molar-refractivity contribution in [3.05, 3.63) is 83.4 Å². The van der Waals surface area contributed by atoms with Gasteiger partial charge in [-0.15, -0.1) is 10.2 Å². The molecule has 0 spiro atoms. The topological polar surface area (TPSA) is 100 Å². The van der Waals surface area contributed by atoms with E-state index in [-0.39, 0.29) is 0 Å². The predicted molar refractivity (Wildman–Crippen MR) is 102 cm³/mol. The van der Waals surface area contributed by atoms with Crippen LogP contribution in [0.2, 0.25) is 0 Å². The molecule has 0 aliphatic rings. The van der Waals surface area contributed by atoms with E-state index in [4.69, 9.17) is 5.11 Å². The van der Waals surface area contributed by atoms with E-state index >= 15 is 0 Å². The lowest BCUT2D eigenvalue weighted by Crippen LogP contribution is -2.28. The second-order valence-electron chi connectivity index (χ2n) is 6.16. The van der Waals surface area contributed by atoms with Gasteiger partial charge in [-0.25, -0.2) is 14.2 Å². The maximum atomic E-state index is 13.1. The molecular formula is C20H20FN5O2. The number of anilines is 1. The van der Waals surface area contributed by atoms with Crippen LogP contribution < -0.4 is 10.6 Å². The maximum absolute atomic E-state index is 13.1. The van der Waals surface area contributed by atoms with Crippen LogP contribution in [-0.2, 0) is 6.42 Å². The molecule has 1 heterocycles. The lowest BCUT2D eigenvalue weighted by atomic mass is 10.0. The van der Waals surface area contributed by atoms with Gasteiger partial charge in [-0.2, -0.15) is 0 Å². The largest absolute Gasteiger partial charge is 0.465 e. The third-order valence-electron chi connectivity index (χ3n) is 4.11. The van der Waals surface area contributed by atoms with Crippen LogP contribution in [0.3, 0.4) is 0 Å². The van der Waals surface area contributed by atoms with Crippen LogP contribution >= 0.6 is 0 Å². The van der Waals surface area contributed by atoms with E-state index in [0.717, 1.165) is 12.8 Å². The molecular weight excluding hydrogens is 361 g/mol. The quantitative estimate of drug-likeness (QED) is 0.517. The molecule has 0 radical (unpaired) electrons. The molecule has 8 heteroatoms. The molecule has 0 aliphatic carbocycles. The first kappa shape index (κ1) is 19.2. The highest BCUT2D eigenvalue weighted by molar-refractivity contribution is 5.66. The second-order valence-corrected chi connectivity index (χ2v) is 6.16. The van der Waals surface area contributed by atoms with Crippen LogP contribution in [0.5, 0.6) is 0 Å². The van der Waals surface area contributed by atoms with E-state index in [0.29, 0.717) is 23.8 Å². The fraction of sp³-hybridized carbons (Fsp3) is 0.200. The zero-order valence-corrected chi connectivity index (χ0v) is 15.0. The minimum Gasteiger partial charge on any atom is -0.465 e. The van der Waals surface area contributed by atoms with Gasteiger partial charge in [-0.05, 0) is 36.1 Å². The molecule has 0 saturated heterocycles. The first-order valence-electron chi connectivity index (χ1n) is 8.84. The summed E-state index contributed by atoms with van der Waals surface area (Å²) < 4.78 is 13.1. The highest BCUT2D eigenvalue weighted by Gasteiger charge is 2.19. The summed E-state index contributed by atoms with van der Waals surface area (Å²) in [6.45, 7) is 0.685. The number of nitrogens with zero attached hydrogens (tertiary/aromatic N) is 3. The number of amides is 1. The summed E-state index contributed by atoms with van der Waals surface area (Å²) in [5.74, 6) is -0.0397. The minimum absolute atomic E-state index is 0.323. The monoisotopic (exact) mass is 381 g/mol. The van der Waals surface area contributed by atoms with Crippen LogP contribution in [-0.4, -0.2) is 32.9 Å². The van der Waals surface area contributed by atoms with Crippen molar-refractivity contribution < 1.29 is 14.3 Å². The van der Waals surface area contributed by atoms with Crippen molar-refractivity contribution in [3.8, 4) is 0 Å². The van der Waals surface area contributed by atoms with Crippen LogP contribution in [0.15, 0.2) is 60.8 Å². The molecule has 0 saturated carbocycles. The Kier molecular flexibility index (Phi) is 6.46. The van der Waals surface area contributed by atoms with E-state index in [1.165, 1.54) is 36.0 Å². The van der Waals surface area contributed by atoms with Gasteiger partial charge in [-0.3, -0.25) is 0 Å². The Bertz CT molecular complexity index is 889. The summed E-state index contributed by atoms with van der Waals surface area (Å²) in [6, 6.07) is 14.9. The van der Waals surface area contributed by atoms with Crippen LogP contribution in [0.1, 0.15) is 29.3 Å². The highest BCUT2D eigenvalue weighted by Crippen LogP contribution is 2.20. The lowest BCUT2D eigenvalue weighted by Gasteiger charge is -2.16. The number of hydrogen-bond donors (Lipinski definition) is 3. The zero-order valence-electron chi connectivity index (χ0n) is 15.0. The molecule has 144 valence electrons. The molecule has 0 bridgehead atoms. The lowest BCUT2D eigenvalue weighted by molar-refractivity contribution is 0.191. The van der Waals surface area contributed by atoms with Gasteiger partial charge in [-0.1, -0.05) is 42.5 Å². The summed E-state index contributed by atoms with van der Waals surface area (Å²) in [6.07, 6.45) is 2.08. The van der Waals surface area contributed by atoms with Gasteiger partial charge >= 0.3 is 6.09 Å². The Balaban J connectivity index is 1.60. The molecule has 1 atom stereocenters. The van der Waals surface area contributed by atoms with Gasteiger partial charge in [0, 0.05) is 6.54 Å². The molecule has 0 aliphatic heterocycles. The molecule has 1 unspecified atom stereocenters. The van der Waals surface area contributed by atoms with Gasteiger partial charge in [0.1, 0.15) is 17.6 Å². The average Bonchev–Trinajstić information content (AvgIpc) is 2.71. The van der Waals surface area contributed by atoms with Crippen LogP contribution in [0.25, 0.3) is 0 Å². The SMILES string of the molecule is O=C(O)NC(c1ccc(F)cc1)c1cnc(NCCCc2ccccc2)nn1. The number of carboxylic acid groups (broad SMARTS) is 1. The number of aromatic nitrogens is 3. The number of benzene rings is 2. The molecule has 1 amide bonds. The second kappa shape index (κ2) is 9.40. The summed E-state index contributed by atoms with van der Waals surface area (Å²) in [4.78, 5) is 15.3. The van der Waals surface area contributed by atoms with Crippen molar-refractivity contribution in [2.75, 3.05) is 11.9 Å². The smallest absolute Gasteiger partial charge is 0.405 e. The molecule has 0 fully saturated rings. The molecule has 3 rings (SSSR count). The Labute approximate surface area is 161 Å². The van der Waals surface area contributed by atoms with E-state index in [2.05, 4.69) is 37.9 Å². The molecule has 7 nitrogen and oxygen atoms in total. The molecule has 1 aromatic heterocycles. The van der Waals surface area contributed by atoms with Gasteiger partial charge in [0.15, 0.2) is 0 Å². The standard InChI is InChI=1S/C20H20FN5O2/c21-16-10-8-15(9-11-16)18(24-20(27)28)17-13-23-19(26-25-17)22-12-4-7-14-5-2-1-3-6-14/h1-3,5-6,8-11,13,18,24H,4,7,12H2,(H,27,28)(H,22,23,26).